The Bertz CT molecular complexity index is 662. The second kappa shape index (κ2) is 7.12. The number of hydrogen-bond acceptors (Lipinski definition) is 3. The lowest BCUT2D eigenvalue weighted by molar-refractivity contribution is 0.103. The van der Waals surface area contributed by atoms with E-state index >= 15 is 0 Å². The maximum Gasteiger partial charge on any atom is 0.195 e. The Labute approximate surface area is 132 Å². The van der Waals surface area contributed by atoms with Crippen molar-refractivity contribution in [2.75, 3.05) is 12.3 Å². The highest BCUT2D eigenvalue weighted by molar-refractivity contribution is 6.12. The molecule has 3 heteroatoms. The van der Waals surface area contributed by atoms with Gasteiger partial charge in [0.2, 0.25) is 0 Å². The number of nitrogens with two attached hydrogens (primary N) is 1. The first kappa shape index (κ1) is 16.1. The Morgan fingerprint density at radius 3 is 2.55 bits per heavy atom. The molecule has 0 fully saturated rings. The summed E-state index contributed by atoms with van der Waals surface area (Å²) in [7, 11) is 0. The van der Waals surface area contributed by atoms with Gasteiger partial charge >= 0.3 is 0 Å². The van der Waals surface area contributed by atoms with E-state index in [0.717, 1.165) is 17.7 Å². The summed E-state index contributed by atoms with van der Waals surface area (Å²) in [6, 6.07) is 12.8. The van der Waals surface area contributed by atoms with Crippen LogP contribution in [0.15, 0.2) is 42.5 Å². The van der Waals surface area contributed by atoms with Gasteiger partial charge in [-0.3, -0.25) is 4.79 Å². The molecule has 2 aromatic rings. The topological polar surface area (TPSA) is 52.3 Å². The predicted molar refractivity (Wildman–Crippen MR) is 90.6 cm³/mol. The Kier molecular flexibility index (Phi) is 5.21. The lowest BCUT2D eigenvalue weighted by Gasteiger charge is -2.15. The normalized spacial score (nSPS) is 10.7. The molecular weight excluding hydrogens is 274 g/mol. The number of carbonyl (C=O) groups is 1. The Morgan fingerprint density at radius 1 is 1.18 bits per heavy atom. The van der Waals surface area contributed by atoms with Crippen LogP contribution in [-0.2, 0) is 0 Å². The molecule has 0 amide bonds. The number of hydrogen-bond donors (Lipinski definition) is 1. The van der Waals surface area contributed by atoms with E-state index in [-0.39, 0.29) is 11.7 Å². The number of carbonyl (C=O) groups excluding carboxylic acids is 1. The summed E-state index contributed by atoms with van der Waals surface area (Å²) in [6.45, 7) is 6.95. The molecule has 0 aromatic heterocycles. The van der Waals surface area contributed by atoms with Gasteiger partial charge in [-0.2, -0.15) is 0 Å². The van der Waals surface area contributed by atoms with Crippen molar-refractivity contribution < 1.29 is 9.53 Å². The summed E-state index contributed by atoms with van der Waals surface area (Å²) in [5.41, 5.74) is 8.65. The molecule has 0 atom stereocenters. The molecule has 0 spiro atoms. The highest BCUT2D eigenvalue weighted by atomic mass is 16.5. The van der Waals surface area contributed by atoms with Gasteiger partial charge in [0.15, 0.2) is 5.78 Å². The minimum absolute atomic E-state index is 0.0537. The van der Waals surface area contributed by atoms with Gasteiger partial charge in [0.1, 0.15) is 5.75 Å². The van der Waals surface area contributed by atoms with Crippen molar-refractivity contribution in [3.8, 4) is 5.75 Å². The quantitative estimate of drug-likeness (QED) is 0.634. The monoisotopic (exact) mass is 297 g/mol. The van der Waals surface area contributed by atoms with E-state index in [0.29, 0.717) is 23.4 Å². The molecule has 0 radical (unpaired) electrons. The van der Waals surface area contributed by atoms with Crippen molar-refractivity contribution in [2.45, 2.75) is 33.1 Å². The van der Waals surface area contributed by atoms with Crippen molar-refractivity contribution in [3.05, 3.63) is 59.2 Å². The average Bonchev–Trinajstić information content (AvgIpc) is 2.52. The second-order valence-electron chi connectivity index (χ2n) is 5.67. The molecule has 3 nitrogen and oxygen atoms in total. The SMILES string of the molecule is CCCOc1ccc(C(=O)c2ccccc2N)cc1C(C)C. The van der Waals surface area contributed by atoms with Crippen molar-refractivity contribution >= 4 is 11.5 Å². The van der Waals surface area contributed by atoms with Gasteiger partial charge in [-0.1, -0.05) is 32.9 Å². The molecule has 2 aromatic carbocycles. The van der Waals surface area contributed by atoms with Crippen LogP contribution in [0.4, 0.5) is 5.69 Å². The zero-order valence-electron chi connectivity index (χ0n) is 13.4. The van der Waals surface area contributed by atoms with Crippen LogP contribution >= 0.6 is 0 Å². The van der Waals surface area contributed by atoms with Gasteiger partial charge in [-0.05, 0) is 48.2 Å². The molecular formula is C19H23NO2. The number of anilines is 1. The van der Waals surface area contributed by atoms with Crippen LogP contribution < -0.4 is 10.5 Å². The first-order valence-corrected chi connectivity index (χ1v) is 7.70. The highest BCUT2D eigenvalue weighted by Crippen LogP contribution is 2.29. The van der Waals surface area contributed by atoms with Crippen molar-refractivity contribution in [1.29, 1.82) is 0 Å². The fourth-order valence-electron chi connectivity index (χ4n) is 2.34. The Hall–Kier alpha value is -2.29. The molecule has 0 aliphatic carbocycles. The van der Waals surface area contributed by atoms with E-state index in [1.165, 1.54) is 0 Å². The maximum absolute atomic E-state index is 12.6. The zero-order valence-corrected chi connectivity index (χ0v) is 13.4. The lowest BCUT2D eigenvalue weighted by Crippen LogP contribution is -2.07. The predicted octanol–water partition coefficient (Wildman–Crippen LogP) is 4.41. The molecule has 0 heterocycles. The molecule has 2 N–H and O–H groups in total. The maximum atomic E-state index is 12.6. The Balaban J connectivity index is 2.38. The van der Waals surface area contributed by atoms with Crippen LogP contribution in [0.5, 0.6) is 5.75 Å². The third-order valence-corrected chi connectivity index (χ3v) is 3.56. The van der Waals surface area contributed by atoms with E-state index in [2.05, 4.69) is 20.8 Å². The molecule has 2 rings (SSSR count). The molecule has 0 saturated heterocycles. The van der Waals surface area contributed by atoms with E-state index in [1.54, 1.807) is 12.1 Å². The Morgan fingerprint density at radius 2 is 1.91 bits per heavy atom. The van der Waals surface area contributed by atoms with Gasteiger partial charge in [0.05, 0.1) is 6.61 Å². The summed E-state index contributed by atoms with van der Waals surface area (Å²) in [5, 5.41) is 0. The van der Waals surface area contributed by atoms with Gasteiger partial charge in [-0.25, -0.2) is 0 Å². The average molecular weight is 297 g/mol. The van der Waals surface area contributed by atoms with Crippen molar-refractivity contribution in [2.24, 2.45) is 0 Å². The second-order valence-corrected chi connectivity index (χ2v) is 5.67. The van der Waals surface area contributed by atoms with Crippen LogP contribution in [0, 0.1) is 0 Å². The fourth-order valence-corrected chi connectivity index (χ4v) is 2.34. The highest BCUT2D eigenvalue weighted by Gasteiger charge is 2.16. The number of ether oxygens (including phenoxy) is 1. The van der Waals surface area contributed by atoms with Gasteiger partial charge in [0.25, 0.3) is 0 Å². The number of rotatable bonds is 6. The van der Waals surface area contributed by atoms with Gasteiger partial charge in [0, 0.05) is 16.8 Å². The van der Waals surface area contributed by atoms with E-state index in [4.69, 9.17) is 10.5 Å². The van der Waals surface area contributed by atoms with E-state index < -0.39 is 0 Å². The molecule has 0 bridgehead atoms. The first-order valence-electron chi connectivity index (χ1n) is 7.70. The summed E-state index contributed by atoms with van der Waals surface area (Å²) < 4.78 is 5.78. The van der Waals surface area contributed by atoms with Crippen LogP contribution in [0.3, 0.4) is 0 Å². The summed E-state index contributed by atoms with van der Waals surface area (Å²) in [6.07, 6.45) is 0.957. The van der Waals surface area contributed by atoms with Gasteiger partial charge in [-0.15, -0.1) is 0 Å². The number of para-hydroxylation sites is 1. The molecule has 0 aliphatic rings. The number of benzene rings is 2. The smallest absolute Gasteiger partial charge is 0.195 e. The minimum Gasteiger partial charge on any atom is -0.493 e. The summed E-state index contributed by atoms with van der Waals surface area (Å²) >= 11 is 0. The van der Waals surface area contributed by atoms with Crippen LogP contribution in [0.1, 0.15) is 54.6 Å². The third kappa shape index (κ3) is 3.48. The first-order chi connectivity index (χ1) is 10.5. The van der Waals surface area contributed by atoms with Crippen LogP contribution in [0.2, 0.25) is 0 Å². The molecule has 0 saturated carbocycles. The van der Waals surface area contributed by atoms with Crippen molar-refractivity contribution in [1.82, 2.24) is 0 Å². The third-order valence-electron chi connectivity index (χ3n) is 3.56. The molecule has 22 heavy (non-hydrogen) atoms. The zero-order chi connectivity index (χ0) is 16.1. The molecule has 116 valence electrons. The van der Waals surface area contributed by atoms with E-state index in [9.17, 15) is 4.79 Å². The summed E-state index contributed by atoms with van der Waals surface area (Å²) in [4.78, 5) is 12.6. The number of ketones is 1. The number of nitrogen functional groups attached to an aromatic ring is 1. The standard InChI is InChI=1S/C19H23NO2/c1-4-11-22-18-10-9-14(12-16(18)13(2)3)19(21)15-7-5-6-8-17(15)20/h5-10,12-13H,4,11,20H2,1-3H3. The van der Waals surface area contributed by atoms with Gasteiger partial charge < -0.3 is 10.5 Å². The summed E-state index contributed by atoms with van der Waals surface area (Å²) in [5.74, 6) is 1.09. The fraction of sp³-hybridized carbons (Fsp3) is 0.316. The van der Waals surface area contributed by atoms with E-state index in [1.807, 2.05) is 30.3 Å². The van der Waals surface area contributed by atoms with Crippen LogP contribution in [0.25, 0.3) is 0 Å². The largest absolute Gasteiger partial charge is 0.493 e. The molecule has 0 unspecified atom stereocenters. The molecule has 0 aliphatic heterocycles. The van der Waals surface area contributed by atoms with Crippen LogP contribution in [-0.4, -0.2) is 12.4 Å². The lowest BCUT2D eigenvalue weighted by atomic mass is 9.95. The minimum atomic E-state index is -0.0537. The van der Waals surface area contributed by atoms with Crippen molar-refractivity contribution in [3.63, 3.8) is 0 Å².